The molecule has 0 aliphatic carbocycles. The van der Waals surface area contributed by atoms with E-state index in [1.54, 1.807) is 25.1 Å². The molecule has 1 amide bonds. The summed E-state index contributed by atoms with van der Waals surface area (Å²) in [7, 11) is 1.48. The van der Waals surface area contributed by atoms with Gasteiger partial charge in [-0.15, -0.1) is 0 Å². The van der Waals surface area contributed by atoms with Crippen molar-refractivity contribution in [2.75, 3.05) is 38.7 Å². The van der Waals surface area contributed by atoms with Crippen LogP contribution in [0.5, 0.6) is 5.75 Å². The van der Waals surface area contributed by atoms with Gasteiger partial charge in [0.1, 0.15) is 12.3 Å². The number of carbonyl (C=O) groups is 2. The summed E-state index contributed by atoms with van der Waals surface area (Å²) in [6.45, 7) is 2.90. The van der Waals surface area contributed by atoms with Crippen molar-refractivity contribution in [3.8, 4) is 5.75 Å². The molecule has 0 atom stereocenters. The Morgan fingerprint density at radius 3 is 2.71 bits per heavy atom. The van der Waals surface area contributed by atoms with Crippen LogP contribution in [0.15, 0.2) is 18.2 Å². The average molecular weight is 295 g/mol. The van der Waals surface area contributed by atoms with Crippen molar-refractivity contribution in [3.05, 3.63) is 23.8 Å². The quantitative estimate of drug-likeness (QED) is 0.598. The van der Waals surface area contributed by atoms with E-state index in [1.165, 1.54) is 7.11 Å². The molecule has 1 aromatic rings. The number of methoxy groups -OCH3 is 1. The normalized spacial score (nSPS) is 9.86. The molecule has 0 aliphatic heterocycles. The van der Waals surface area contributed by atoms with Crippen molar-refractivity contribution in [3.63, 3.8) is 0 Å². The molecule has 0 unspecified atom stereocenters. The number of amides is 1. The minimum atomic E-state index is -0.346. The molecule has 0 saturated heterocycles. The summed E-state index contributed by atoms with van der Waals surface area (Å²) in [6, 6.07) is 4.97. The number of nitrogens with two attached hydrogens (primary N) is 1. The number of esters is 1. The van der Waals surface area contributed by atoms with Gasteiger partial charge in [-0.05, 0) is 19.1 Å². The number of nitrogens with one attached hydrogen (secondary N) is 2. The first-order valence-electron chi connectivity index (χ1n) is 6.68. The zero-order valence-electron chi connectivity index (χ0n) is 12.3. The summed E-state index contributed by atoms with van der Waals surface area (Å²) in [5.41, 5.74) is 6.41. The lowest BCUT2D eigenvalue weighted by molar-refractivity contribution is -0.140. The maximum absolute atomic E-state index is 11.9. The van der Waals surface area contributed by atoms with E-state index in [4.69, 9.17) is 15.2 Å². The van der Waals surface area contributed by atoms with Gasteiger partial charge in [-0.1, -0.05) is 0 Å². The standard InChI is InChI=1S/C14H21N3O4/c1-3-21-13(18)9-17-10-4-5-11(12(8-10)20-2)14(19)16-7-6-15/h4-5,8,17H,3,6-7,9,15H2,1-2H3,(H,16,19). The van der Waals surface area contributed by atoms with E-state index in [1.807, 2.05) is 0 Å². The van der Waals surface area contributed by atoms with Crippen LogP contribution in [-0.2, 0) is 9.53 Å². The average Bonchev–Trinajstić information content (AvgIpc) is 2.50. The zero-order valence-corrected chi connectivity index (χ0v) is 12.3. The molecule has 1 aromatic carbocycles. The van der Waals surface area contributed by atoms with Gasteiger partial charge in [0.15, 0.2) is 0 Å². The monoisotopic (exact) mass is 295 g/mol. The fourth-order valence-electron chi connectivity index (χ4n) is 1.66. The Labute approximate surface area is 123 Å². The molecule has 0 bridgehead atoms. The fraction of sp³-hybridized carbons (Fsp3) is 0.429. The third kappa shape index (κ3) is 5.31. The summed E-state index contributed by atoms with van der Waals surface area (Å²) in [5.74, 6) is -0.186. The Hall–Kier alpha value is -2.28. The third-order valence-electron chi connectivity index (χ3n) is 2.62. The van der Waals surface area contributed by atoms with E-state index in [9.17, 15) is 9.59 Å². The second-order valence-electron chi connectivity index (χ2n) is 4.12. The highest BCUT2D eigenvalue weighted by atomic mass is 16.5. The van der Waals surface area contributed by atoms with Crippen molar-refractivity contribution in [1.29, 1.82) is 0 Å². The number of anilines is 1. The van der Waals surface area contributed by atoms with Crippen molar-refractivity contribution in [1.82, 2.24) is 5.32 Å². The molecule has 21 heavy (non-hydrogen) atoms. The number of hydrogen-bond acceptors (Lipinski definition) is 6. The van der Waals surface area contributed by atoms with Crippen molar-refractivity contribution >= 4 is 17.6 Å². The summed E-state index contributed by atoms with van der Waals surface area (Å²) >= 11 is 0. The van der Waals surface area contributed by atoms with Gasteiger partial charge in [-0.25, -0.2) is 0 Å². The van der Waals surface area contributed by atoms with Crippen LogP contribution in [0.25, 0.3) is 0 Å². The van der Waals surface area contributed by atoms with E-state index in [2.05, 4.69) is 10.6 Å². The molecule has 4 N–H and O–H groups in total. The van der Waals surface area contributed by atoms with Crippen molar-refractivity contribution in [2.24, 2.45) is 5.73 Å². The maximum atomic E-state index is 11.9. The molecular formula is C14H21N3O4. The lowest BCUT2D eigenvalue weighted by atomic mass is 10.1. The smallest absolute Gasteiger partial charge is 0.325 e. The Bertz CT molecular complexity index is 491. The SMILES string of the molecule is CCOC(=O)CNc1ccc(C(=O)NCCN)c(OC)c1. The number of rotatable bonds is 8. The number of hydrogen-bond donors (Lipinski definition) is 3. The summed E-state index contributed by atoms with van der Waals surface area (Å²) in [6.07, 6.45) is 0. The first-order valence-corrected chi connectivity index (χ1v) is 6.68. The molecule has 0 saturated carbocycles. The summed E-state index contributed by atoms with van der Waals surface area (Å²) < 4.78 is 10.0. The van der Waals surface area contributed by atoms with Crippen LogP contribution in [-0.4, -0.2) is 45.2 Å². The van der Waals surface area contributed by atoms with Gasteiger partial charge in [0.05, 0.1) is 19.3 Å². The van der Waals surface area contributed by atoms with E-state index < -0.39 is 0 Å². The third-order valence-corrected chi connectivity index (χ3v) is 2.62. The predicted molar refractivity (Wildman–Crippen MR) is 79.5 cm³/mol. The van der Waals surface area contributed by atoms with E-state index in [0.717, 1.165) is 0 Å². The second kappa shape index (κ2) is 8.80. The minimum Gasteiger partial charge on any atom is -0.496 e. The van der Waals surface area contributed by atoms with Gasteiger partial charge in [-0.3, -0.25) is 9.59 Å². The molecule has 0 radical (unpaired) electrons. The molecule has 7 heteroatoms. The summed E-state index contributed by atoms with van der Waals surface area (Å²) in [4.78, 5) is 23.2. The number of carbonyl (C=O) groups excluding carboxylic acids is 2. The molecule has 0 aliphatic rings. The number of ether oxygens (including phenoxy) is 2. The first-order chi connectivity index (χ1) is 10.1. The van der Waals surface area contributed by atoms with E-state index >= 15 is 0 Å². The molecule has 1 rings (SSSR count). The topological polar surface area (TPSA) is 103 Å². The van der Waals surface area contributed by atoms with Gasteiger partial charge in [0, 0.05) is 24.8 Å². The molecule has 116 valence electrons. The van der Waals surface area contributed by atoms with Crippen LogP contribution in [0.1, 0.15) is 17.3 Å². The van der Waals surface area contributed by atoms with Gasteiger partial charge in [-0.2, -0.15) is 0 Å². The fourth-order valence-corrected chi connectivity index (χ4v) is 1.66. The second-order valence-corrected chi connectivity index (χ2v) is 4.12. The number of benzene rings is 1. The van der Waals surface area contributed by atoms with Crippen molar-refractivity contribution < 1.29 is 19.1 Å². The Balaban J connectivity index is 2.74. The van der Waals surface area contributed by atoms with Crippen LogP contribution in [0, 0.1) is 0 Å². The van der Waals surface area contributed by atoms with Crippen LogP contribution in [0.3, 0.4) is 0 Å². The van der Waals surface area contributed by atoms with Gasteiger partial charge >= 0.3 is 5.97 Å². The summed E-state index contributed by atoms with van der Waals surface area (Å²) in [5, 5.41) is 5.58. The molecule has 0 spiro atoms. The van der Waals surface area contributed by atoms with E-state index in [-0.39, 0.29) is 18.4 Å². The highest BCUT2D eigenvalue weighted by Gasteiger charge is 2.12. The molecule has 0 aromatic heterocycles. The van der Waals surface area contributed by atoms with Crippen molar-refractivity contribution in [2.45, 2.75) is 6.92 Å². The largest absolute Gasteiger partial charge is 0.496 e. The van der Waals surface area contributed by atoms with Gasteiger partial charge < -0.3 is 25.8 Å². The zero-order chi connectivity index (χ0) is 15.7. The van der Waals surface area contributed by atoms with Crippen LogP contribution in [0.4, 0.5) is 5.69 Å². The molecule has 7 nitrogen and oxygen atoms in total. The van der Waals surface area contributed by atoms with E-state index in [0.29, 0.717) is 36.7 Å². The van der Waals surface area contributed by atoms with Crippen LogP contribution >= 0.6 is 0 Å². The molecular weight excluding hydrogens is 274 g/mol. The lowest BCUT2D eigenvalue weighted by Crippen LogP contribution is -2.29. The Kier molecular flexibility index (Phi) is 7.03. The highest BCUT2D eigenvalue weighted by molar-refractivity contribution is 5.97. The predicted octanol–water partition coefficient (Wildman–Crippen LogP) is 0.359. The maximum Gasteiger partial charge on any atom is 0.325 e. The first kappa shape index (κ1) is 16.8. The Morgan fingerprint density at radius 2 is 2.10 bits per heavy atom. The van der Waals surface area contributed by atoms with Gasteiger partial charge in [0.2, 0.25) is 0 Å². The van der Waals surface area contributed by atoms with Crippen LogP contribution in [0.2, 0.25) is 0 Å². The highest BCUT2D eigenvalue weighted by Crippen LogP contribution is 2.23. The van der Waals surface area contributed by atoms with Crippen LogP contribution < -0.4 is 21.1 Å². The lowest BCUT2D eigenvalue weighted by Gasteiger charge is -2.12. The van der Waals surface area contributed by atoms with Gasteiger partial charge in [0.25, 0.3) is 5.91 Å². The minimum absolute atomic E-state index is 0.0513. The molecule has 0 fully saturated rings. The molecule has 0 heterocycles. The Morgan fingerprint density at radius 1 is 1.33 bits per heavy atom.